The van der Waals surface area contributed by atoms with Crippen LogP contribution < -0.4 is 4.74 Å². The molecule has 1 unspecified atom stereocenters. The Morgan fingerprint density at radius 1 is 1.47 bits per heavy atom. The Labute approximate surface area is 115 Å². The molecule has 1 aromatic rings. The van der Waals surface area contributed by atoms with Crippen molar-refractivity contribution in [3.63, 3.8) is 0 Å². The molecule has 4 heteroatoms. The van der Waals surface area contributed by atoms with Crippen LogP contribution in [0.25, 0.3) is 0 Å². The van der Waals surface area contributed by atoms with Gasteiger partial charge >= 0.3 is 5.97 Å². The first-order valence-corrected chi connectivity index (χ1v) is 6.56. The third-order valence-electron chi connectivity index (χ3n) is 3.27. The van der Waals surface area contributed by atoms with Crippen molar-refractivity contribution in [1.82, 2.24) is 4.90 Å². The van der Waals surface area contributed by atoms with Gasteiger partial charge in [0.15, 0.2) is 0 Å². The van der Waals surface area contributed by atoms with Crippen molar-refractivity contribution in [2.24, 2.45) is 5.92 Å². The highest BCUT2D eigenvalue weighted by molar-refractivity contribution is 5.90. The fraction of sp³-hybridized carbons (Fsp3) is 0.533. The first-order valence-electron chi connectivity index (χ1n) is 6.56. The second-order valence-electron chi connectivity index (χ2n) is 5.05. The lowest BCUT2D eigenvalue weighted by molar-refractivity contribution is 0.0693. The largest absolute Gasteiger partial charge is 0.496 e. The van der Waals surface area contributed by atoms with E-state index in [1.54, 1.807) is 12.1 Å². The van der Waals surface area contributed by atoms with Crippen molar-refractivity contribution < 1.29 is 14.6 Å². The monoisotopic (exact) mass is 265 g/mol. The summed E-state index contributed by atoms with van der Waals surface area (Å²) in [6.07, 6.45) is 1.16. The van der Waals surface area contributed by atoms with Gasteiger partial charge in [0.25, 0.3) is 0 Å². The molecule has 1 aromatic carbocycles. The summed E-state index contributed by atoms with van der Waals surface area (Å²) < 4.78 is 5.13. The SMILES string of the molecule is CCC(C)CN(C)Cc1ccc(C(=O)O)c(OC)c1. The van der Waals surface area contributed by atoms with Gasteiger partial charge < -0.3 is 14.7 Å². The summed E-state index contributed by atoms with van der Waals surface area (Å²) in [5.41, 5.74) is 1.27. The molecule has 106 valence electrons. The maximum Gasteiger partial charge on any atom is 0.339 e. The lowest BCUT2D eigenvalue weighted by Gasteiger charge is -2.20. The van der Waals surface area contributed by atoms with E-state index in [0.29, 0.717) is 11.7 Å². The van der Waals surface area contributed by atoms with Crippen LogP contribution in [0.4, 0.5) is 0 Å². The first-order chi connectivity index (χ1) is 8.97. The number of rotatable bonds is 7. The molecule has 0 radical (unpaired) electrons. The van der Waals surface area contributed by atoms with E-state index in [4.69, 9.17) is 9.84 Å². The Bertz CT molecular complexity index is 431. The van der Waals surface area contributed by atoms with E-state index in [1.807, 2.05) is 6.07 Å². The molecule has 0 aromatic heterocycles. The van der Waals surface area contributed by atoms with Crippen molar-refractivity contribution in [2.45, 2.75) is 26.8 Å². The molecule has 0 aliphatic rings. The lowest BCUT2D eigenvalue weighted by Crippen LogP contribution is -2.23. The predicted octanol–water partition coefficient (Wildman–Crippen LogP) is 2.87. The van der Waals surface area contributed by atoms with Gasteiger partial charge in [-0.15, -0.1) is 0 Å². The van der Waals surface area contributed by atoms with Crippen LogP contribution >= 0.6 is 0 Å². The van der Waals surface area contributed by atoms with E-state index in [9.17, 15) is 4.79 Å². The summed E-state index contributed by atoms with van der Waals surface area (Å²) in [7, 11) is 3.57. The van der Waals surface area contributed by atoms with E-state index in [2.05, 4.69) is 25.8 Å². The van der Waals surface area contributed by atoms with Gasteiger partial charge in [-0.05, 0) is 30.7 Å². The molecule has 0 amide bonds. The number of carbonyl (C=O) groups is 1. The quantitative estimate of drug-likeness (QED) is 0.823. The van der Waals surface area contributed by atoms with E-state index >= 15 is 0 Å². The second kappa shape index (κ2) is 7.14. The number of hydrogen-bond donors (Lipinski definition) is 1. The van der Waals surface area contributed by atoms with Gasteiger partial charge in [0.1, 0.15) is 11.3 Å². The summed E-state index contributed by atoms with van der Waals surface area (Å²) in [5, 5.41) is 9.03. The smallest absolute Gasteiger partial charge is 0.339 e. The number of ether oxygens (including phenoxy) is 1. The van der Waals surface area contributed by atoms with Crippen molar-refractivity contribution in [3.05, 3.63) is 29.3 Å². The van der Waals surface area contributed by atoms with Crippen LogP contribution in [-0.2, 0) is 6.54 Å². The standard InChI is InChI=1S/C15H23NO3/c1-5-11(2)9-16(3)10-12-6-7-13(15(17)18)14(8-12)19-4/h6-8,11H,5,9-10H2,1-4H3,(H,17,18). The summed E-state index contributed by atoms with van der Waals surface area (Å²) in [6, 6.07) is 5.25. The molecule has 1 rings (SSSR count). The third kappa shape index (κ3) is 4.56. The molecule has 0 heterocycles. The van der Waals surface area contributed by atoms with Gasteiger partial charge in [-0.2, -0.15) is 0 Å². The van der Waals surface area contributed by atoms with Crippen LogP contribution in [0, 0.1) is 5.92 Å². The lowest BCUT2D eigenvalue weighted by atomic mass is 10.1. The average molecular weight is 265 g/mol. The predicted molar refractivity (Wildman–Crippen MR) is 75.7 cm³/mol. The van der Waals surface area contributed by atoms with Gasteiger partial charge in [0.05, 0.1) is 7.11 Å². The molecule has 0 spiro atoms. The molecule has 1 atom stereocenters. The Hall–Kier alpha value is -1.55. The van der Waals surface area contributed by atoms with E-state index in [0.717, 1.165) is 25.1 Å². The molecular formula is C15H23NO3. The number of methoxy groups -OCH3 is 1. The molecule has 0 bridgehead atoms. The minimum atomic E-state index is -0.962. The van der Waals surface area contributed by atoms with Crippen LogP contribution in [0.5, 0.6) is 5.75 Å². The summed E-state index contributed by atoms with van der Waals surface area (Å²) in [6.45, 7) is 6.23. The van der Waals surface area contributed by atoms with Gasteiger partial charge in [0.2, 0.25) is 0 Å². The molecule has 0 saturated carbocycles. The zero-order valence-electron chi connectivity index (χ0n) is 12.1. The fourth-order valence-corrected chi connectivity index (χ4v) is 2.05. The average Bonchev–Trinajstić information content (AvgIpc) is 2.37. The maximum atomic E-state index is 11.0. The minimum absolute atomic E-state index is 0.204. The van der Waals surface area contributed by atoms with Crippen LogP contribution in [0.15, 0.2) is 18.2 Å². The maximum absolute atomic E-state index is 11.0. The highest BCUT2D eigenvalue weighted by Gasteiger charge is 2.12. The van der Waals surface area contributed by atoms with Gasteiger partial charge in [-0.25, -0.2) is 4.79 Å². The normalized spacial score (nSPS) is 12.5. The highest BCUT2D eigenvalue weighted by atomic mass is 16.5. The van der Waals surface area contributed by atoms with Gasteiger partial charge in [-0.1, -0.05) is 26.3 Å². The molecule has 0 aliphatic heterocycles. The Balaban J connectivity index is 2.77. The number of aromatic carboxylic acids is 1. The van der Waals surface area contributed by atoms with E-state index in [1.165, 1.54) is 7.11 Å². The molecule has 1 N–H and O–H groups in total. The molecule has 4 nitrogen and oxygen atoms in total. The molecule has 0 saturated heterocycles. The van der Waals surface area contributed by atoms with Gasteiger partial charge in [0, 0.05) is 13.1 Å². The topological polar surface area (TPSA) is 49.8 Å². The molecule has 0 aliphatic carbocycles. The minimum Gasteiger partial charge on any atom is -0.496 e. The first kappa shape index (κ1) is 15.5. The second-order valence-corrected chi connectivity index (χ2v) is 5.05. The van der Waals surface area contributed by atoms with Crippen molar-refractivity contribution in [1.29, 1.82) is 0 Å². The number of benzene rings is 1. The Morgan fingerprint density at radius 3 is 2.68 bits per heavy atom. The van der Waals surface area contributed by atoms with Crippen LogP contribution in [0.2, 0.25) is 0 Å². The number of carboxylic acid groups (broad SMARTS) is 1. The van der Waals surface area contributed by atoms with Crippen LogP contribution in [0.1, 0.15) is 36.2 Å². The van der Waals surface area contributed by atoms with Crippen molar-refractivity contribution in [2.75, 3.05) is 20.7 Å². The highest BCUT2D eigenvalue weighted by Crippen LogP contribution is 2.21. The molecule has 19 heavy (non-hydrogen) atoms. The zero-order chi connectivity index (χ0) is 14.4. The Kier molecular flexibility index (Phi) is 5.83. The number of nitrogens with zero attached hydrogens (tertiary/aromatic N) is 1. The van der Waals surface area contributed by atoms with Crippen LogP contribution in [0.3, 0.4) is 0 Å². The summed E-state index contributed by atoms with van der Waals surface area (Å²) >= 11 is 0. The molecular weight excluding hydrogens is 242 g/mol. The number of hydrogen-bond acceptors (Lipinski definition) is 3. The van der Waals surface area contributed by atoms with Crippen molar-refractivity contribution >= 4 is 5.97 Å². The third-order valence-corrected chi connectivity index (χ3v) is 3.27. The van der Waals surface area contributed by atoms with Gasteiger partial charge in [-0.3, -0.25) is 0 Å². The van der Waals surface area contributed by atoms with E-state index in [-0.39, 0.29) is 5.56 Å². The van der Waals surface area contributed by atoms with Crippen molar-refractivity contribution in [3.8, 4) is 5.75 Å². The van der Waals surface area contributed by atoms with E-state index < -0.39 is 5.97 Å². The molecule has 0 fully saturated rings. The zero-order valence-corrected chi connectivity index (χ0v) is 12.1. The Morgan fingerprint density at radius 2 is 2.16 bits per heavy atom. The van der Waals surface area contributed by atoms with Crippen LogP contribution in [-0.4, -0.2) is 36.7 Å². The summed E-state index contributed by atoms with van der Waals surface area (Å²) in [5.74, 6) is 0.114. The number of carboxylic acids is 1. The summed E-state index contributed by atoms with van der Waals surface area (Å²) in [4.78, 5) is 13.2. The fourth-order valence-electron chi connectivity index (χ4n) is 2.05.